The van der Waals surface area contributed by atoms with Gasteiger partial charge in [-0.15, -0.1) is 0 Å². The summed E-state index contributed by atoms with van der Waals surface area (Å²) in [6, 6.07) is 0. The van der Waals surface area contributed by atoms with Gasteiger partial charge in [-0.25, -0.2) is 4.79 Å². The summed E-state index contributed by atoms with van der Waals surface area (Å²) in [5, 5.41) is 9.15. The van der Waals surface area contributed by atoms with Gasteiger partial charge in [0, 0.05) is 6.42 Å². The first-order valence-corrected chi connectivity index (χ1v) is 5.21. The van der Waals surface area contributed by atoms with Crippen LogP contribution in [0.5, 0.6) is 0 Å². The van der Waals surface area contributed by atoms with E-state index in [0.29, 0.717) is 25.7 Å². The van der Waals surface area contributed by atoms with E-state index in [1.54, 1.807) is 0 Å². The molecule has 0 saturated carbocycles. The van der Waals surface area contributed by atoms with Gasteiger partial charge in [0.2, 0.25) is 0 Å². The second-order valence-corrected chi connectivity index (χ2v) is 3.55. The maximum absolute atomic E-state index is 11.3. The van der Waals surface area contributed by atoms with Crippen molar-refractivity contribution < 1.29 is 24.2 Å². The lowest BCUT2D eigenvalue weighted by Crippen LogP contribution is -2.35. The predicted octanol–water partition coefficient (Wildman–Crippen LogP) is 0.744. The van der Waals surface area contributed by atoms with E-state index in [1.165, 1.54) is 0 Å². The van der Waals surface area contributed by atoms with Crippen molar-refractivity contribution in [3.63, 3.8) is 0 Å². The fraction of sp³-hybridized carbons (Fsp3) is 0.800. The van der Waals surface area contributed by atoms with E-state index in [9.17, 15) is 9.59 Å². The van der Waals surface area contributed by atoms with Crippen LogP contribution < -0.4 is 0 Å². The molecule has 0 radical (unpaired) electrons. The minimum absolute atomic E-state index is 0.223. The molecule has 15 heavy (non-hydrogen) atoms. The molecule has 0 aromatic heterocycles. The van der Waals surface area contributed by atoms with Crippen molar-refractivity contribution >= 4 is 11.9 Å². The fourth-order valence-corrected chi connectivity index (χ4v) is 1.41. The molecule has 0 spiro atoms. The zero-order valence-electron chi connectivity index (χ0n) is 8.77. The summed E-state index contributed by atoms with van der Waals surface area (Å²) < 4.78 is 9.52. The summed E-state index contributed by atoms with van der Waals surface area (Å²) in [7, 11) is 0. The van der Waals surface area contributed by atoms with Crippen LogP contribution in [-0.2, 0) is 19.1 Å². The Kier molecular flexibility index (Phi) is 4.71. The minimum Gasteiger partial charge on any atom is -0.391 e. The molecule has 0 bridgehead atoms. The molecular weight excluding hydrogens is 200 g/mol. The van der Waals surface area contributed by atoms with E-state index < -0.39 is 24.3 Å². The summed E-state index contributed by atoms with van der Waals surface area (Å²) in [5.41, 5.74) is 0. The van der Waals surface area contributed by atoms with Crippen LogP contribution in [0, 0.1) is 0 Å². The quantitative estimate of drug-likeness (QED) is 0.556. The Hall–Kier alpha value is -0.940. The Morgan fingerprint density at radius 1 is 1.47 bits per heavy atom. The van der Waals surface area contributed by atoms with Gasteiger partial charge in [-0.1, -0.05) is 6.92 Å². The Bertz CT molecular complexity index is 238. The number of aliphatic hydroxyl groups is 1. The molecule has 86 valence electrons. The molecule has 0 amide bonds. The molecule has 1 N–H and O–H groups in total. The third-order valence-electron chi connectivity index (χ3n) is 2.17. The first-order chi connectivity index (χ1) is 7.13. The Labute approximate surface area is 88.4 Å². The van der Waals surface area contributed by atoms with Crippen molar-refractivity contribution in [1.29, 1.82) is 0 Å². The van der Waals surface area contributed by atoms with Crippen LogP contribution in [0.1, 0.15) is 39.0 Å². The van der Waals surface area contributed by atoms with E-state index in [0.717, 1.165) is 0 Å². The number of ether oxygens (including phenoxy) is 2. The third-order valence-corrected chi connectivity index (χ3v) is 2.17. The van der Waals surface area contributed by atoms with Crippen molar-refractivity contribution in [2.24, 2.45) is 0 Å². The maximum atomic E-state index is 11.3. The fourth-order valence-electron chi connectivity index (χ4n) is 1.41. The van der Waals surface area contributed by atoms with Gasteiger partial charge < -0.3 is 14.6 Å². The predicted molar refractivity (Wildman–Crippen MR) is 50.7 cm³/mol. The highest BCUT2D eigenvalue weighted by Crippen LogP contribution is 2.18. The van der Waals surface area contributed by atoms with Crippen LogP contribution in [0.4, 0.5) is 0 Å². The molecular formula is C10H16O5. The topological polar surface area (TPSA) is 72.8 Å². The number of esters is 2. The molecule has 1 rings (SSSR count). The van der Waals surface area contributed by atoms with Crippen LogP contribution in [0.25, 0.3) is 0 Å². The summed E-state index contributed by atoms with van der Waals surface area (Å²) in [6.45, 7) is 1.83. The Morgan fingerprint density at radius 2 is 2.20 bits per heavy atom. The molecule has 1 aliphatic heterocycles. The second-order valence-electron chi connectivity index (χ2n) is 3.55. The van der Waals surface area contributed by atoms with Gasteiger partial charge >= 0.3 is 11.9 Å². The van der Waals surface area contributed by atoms with Gasteiger partial charge in [0.25, 0.3) is 0 Å². The van der Waals surface area contributed by atoms with E-state index in [2.05, 4.69) is 4.74 Å². The van der Waals surface area contributed by atoms with E-state index in [-0.39, 0.29) is 6.42 Å². The summed E-state index contributed by atoms with van der Waals surface area (Å²) in [5.74, 6) is -1.22. The first-order valence-electron chi connectivity index (χ1n) is 5.21. The summed E-state index contributed by atoms with van der Waals surface area (Å²) in [4.78, 5) is 22.4. The molecule has 2 unspecified atom stereocenters. The van der Waals surface area contributed by atoms with Crippen LogP contribution in [0.15, 0.2) is 0 Å². The molecule has 5 nitrogen and oxygen atoms in total. The van der Waals surface area contributed by atoms with Crippen molar-refractivity contribution in [2.75, 3.05) is 0 Å². The third kappa shape index (κ3) is 3.97. The SMILES string of the molecule is CCCC(=O)OC(=O)C1CCCC(O)O1. The maximum Gasteiger partial charge on any atom is 0.343 e. The number of aliphatic hydroxyl groups excluding tert-OH is 1. The largest absolute Gasteiger partial charge is 0.391 e. The molecule has 1 saturated heterocycles. The lowest BCUT2D eigenvalue weighted by molar-refractivity contribution is -0.194. The van der Waals surface area contributed by atoms with E-state index in [4.69, 9.17) is 9.84 Å². The number of hydrogen-bond donors (Lipinski definition) is 1. The normalized spacial score (nSPS) is 26.0. The highest BCUT2D eigenvalue weighted by Gasteiger charge is 2.29. The van der Waals surface area contributed by atoms with Gasteiger partial charge in [0.05, 0.1) is 0 Å². The summed E-state index contributed by atoms with van der Waals surface area (Å²) in [6.07, 6.45) is 0.860. The number of carbonyl (C=O) groups is 2. The van der Waals surface area contributed by atoms with Gasteiger partial charge in [-0.2, -0.15) is 0 Å². The lowest BCUT2D eigenvalue weighted by atomic mass is 10.1. The van der Waals surface area contributed by atoms with Gasteiger partial charge in [0.15, 0.2) is 12.4 Å². The van der Waals surface area contributed by atoms with Gasteiger partial charge in [0.1, 0.15) is 0 Å². The van der Waals surface area contributed by atoms with Crippen molar-refractivity contribution in [1.82, 2.24) is 0 Å². The first kappa shape index (κ1) is 12.1. The van der Waals surface area contributed by atoms with Gasteiger partial charge in [-0.3, -0.25) is 4.79 Å². The molecule has 0 aliphatic carbocycles. The lowest BCUT2D eigenvalue weighted by Gasteiger charge is -2.24. The van der Waals surface area contributed by atoms with Crippen LogP contribution in [0.2, 0.25) is 0 Å². The number of carbonyl (C=O) groups excluding carboxylic acids is 2. The highest BCUT2D eigenvalue weighted by molar-refractivity contribution is 5.87. The van der Waals surface area contributed by atoms with E-state index >= 15 is 0 Å². The summed E-state index contributed by atoms with van der Waals surface area (Å²) >= 11 is 0. The Balaban J connectivity index is 2.35. The smallest absolute Gasteiger partial charge is 0.343 e. The zero-order valence-corrected chi connectivity index (χ0v) is 8.77. The molecule has 1 heterocycles. The Morgan fingerprint density at radius 3 is 2.80 bits per heavy atom. The van der Waals surface area contributed by atoms with Crippen LogP contribution >= 0.6 is 0 Å². The minimum atomic E-state index is -0.919. The van der Waals surface area contributed by atoms with Crippen molar-refractivity contribution in [3.8, 4) is 0 Å². The van der Waals surface area contributed by atoms with Gasteiger partial charge in [-0.05, 0) is 25.7 Å². The van der Waals surface area contributed by atoms with E-state index in [1.807, 2.05) is 6.92 Å². The molecule has 0 aromatic rings. The average molecular weight is 216 g/mol. The number of hydrogen-bond acceptors (Lipinski definition) is 5. The zero-order chi connectivity index (χ0) is 11.3. The van der Waals surface area contributed by atoms with Crippen LogP contribution in [-0.4, -0.2) is 29.4 Å². The van der Waals surface area contributed by atoms with Crippen LogP contribution in [0.3, 0.4) is 0 Å². The monoisotopic (exact) mass is 216 g/mol. The van der Waals surface area contributed by atoms with Crippen molar-refractivity contribution in [3.05, 3.63) is 0 Å². The molecule has 5 heteroatoms. The molecule has 2 atom stereocenters. The molecule has 1 aliphatic rings. The van der Waals surface area contributed by atoms with Crippen molar-refractivity contribution in [2.45, 2.75) is 51.4 Å². The number of rotatable bonds is 3. The standard InChI is InChI=1S/C10H16O5/c1-2-4-8(11)15-10(13)7-5-3-6-9(12)14-7/h7,9,12H,2-6H2,1H3. The molecule has 1 fully saturated rings. The highest BCUT2D eigenvalue weighted by atomic mass is 16.6. The average Bonchev–Trinajstić information content (AvgIpc) is 2.18. The second kappa shape index (κ2) is 5.82. The molecule has 0 aromatic carbocycles.